The fourth-order valence-electron chi connectivity index (χ4n) is 3.49. The zero-order valence-electron chi connectivity index (χ0n) is 19.8. The van der Waals surface area contributed by atoms with Gasteiger partial charge in [0.2, 0.25) is 0 Å². The standard InChI is InChI=1S/C25H25BrF3NO6/c1-24(2,3)36-23(33)30(14-25(27,28)29)11-16-8-18(26)10-19-17(13-35-22(16)19)12-34-20-7-5-4-6-15(20)9-21(31)32/h4-8,10,13H,9,11-12,14H2,1-3H3,(H,31,32). The molecule has 7 nitrogen and oxygen atoms in total. The minimum atomic E-state index is -4.63. The molecule has 1 amide bonds. The van der Waals surface area contributed by atoms with Crippen molar-refractivity contribution < 1.29 is 41.8 Å². The van der Waals surface area contributed by atoms with Gasteiger partial charge in [0.1, 0.15) is 30.1 Å². The van der Waals surface area contributed by atoms with Crippen LogP contribution in [0, 0.1) is 0 Å². The highest BCUT2D eigenvalue weighted by atomic mass is 79.9. The number of amides is 1. The lowest BCUT2D eigenvalue weighted by Crippen LogP contribution is -2.41. The maximum Gasteiger partial charge on any atom is 0.410 e. The molecule has 0 fully saturated rings. The zero-order chi connectivity index (χ0) is 26.7. The van der Waals surface area contributed by atoms with Gasteiger partial charge in [-0.05, 0) is 39.0 Å². The van der Waals surface area contributed by atoms with E-state index in [1.807, 2.05) is 0 Å². The third-order valence-corrected chi connectivity index (χ3v) is 5.33. The highest BCUT2D eigenvalue weighted by Gasteiger charge is 2.35. The van der Waals surface area contributed by atoms with Gasteiger partial charge in [-0.15, -0.1) is 0 Å². The molecule has 3 aromatic rings. The smallest absolute Gasteiger partial charge is 0.410 e. The van der Waals surface area contributed by atoms with Crippen LogP contribution in [0.15, 0.2) is 51.6 Å². The molecule has 0 radical (unpaired) electrons. The van der Waals surface area contributed by atoms with Crippen molar-refractivity contribution >= 4 is 39.0 Å². The summed E-state index contributed by atoms with van der Waals surface area (Å²) in [6.45, 7) is 2.84. The zero-order valence-corrected chi connectivity index (χ0v) is 21.4. The molecule has 0 aliphatic carbocycles. The molecule has 3 rings (SSSR count). The second kappa shape index (κ2) is 10.8. The average Bonchev–Trinajstić information content (AvgIpc) is 3.13. The van der Waals surface area contributed by atoms with E-state index in [2.05, 4.69) is 15.9 Å². The van der Waals surface area contributed by atoms with Crippen molar-refractivity contribution in [3.8, 4) is 5.75 Å². The fraction of sp³-hybridized carbons (Fsp3) is 0.360. The van der Waals surface area contributed by atoms with E-state index in [0.29, 0.717) is 42.8 Å². The van der Waals surface area contributed by atoms with Crippen LogP contribution in [-0.4, -0.2) is 40.4 Å². The molecule has 1 aromatic heterocycles. The van der Waals surface area contributed by atoms with Gasteiger partial charge in [-0.3, -0.25) is 9.69 Å². The van der Waals surface area contributed by atoms with Crippen molar-refractivity contribution in [1.29, 1.82) is 0 Å². The number of halogens is 4. The Balaban J connectivity index is 1.89. The quantitative estimate of drug-likeness (QED) is 0.323. The number of nitrogens with zero attached hydrogens (tertiary/aromatic N) is 1. The molecule has 0 atom stereocenters. The van der Waals surface area contributed by atoms with Crippen LogP contribution >= 0.6 is 15.9 Å². The second-order valence-corrected chi connectivity index (χ2v) is 10.0. The van der Waals surface area contributed by atoms with E-state index in [1.165, 1.54) is 6.26 Å². The van der Waals surface area contributed by atoms with Gasteiger partial charge in [-0.25, -0.2) is 4.79 Å². The lowest BCUT2D eigenvalue weighted by molar-refractivity contribution is -0.145. The Morgan fingerprint density at radius 2 is 1.78 bits per heavy atom. The molecule has 0 saturated heterocycles. The number of furan rings is 1. The van der Waals surface area contributed by atoms with Gasteiger partial charge in [0, 0.05) is 26.5 Å². The third-order valence-electron chi connectivity index (χ3n) is 4.88. The maximum atomic E-state index is 13.2. The molecule has 0 saturated carbocycles. The van der Waals surface area contributed by atoms with Gasteiger partial charge >= 0.3 is 18.2 Å². The van der Waals surface area contributed by atoms with Gasteiger partial charge in [-0.1, -0.05) is 34.1 Å². The van der Waals surface area contributed by atoms with Crippen LogP contribution in [0.1, 0.15) is 37.5 Å². The molecule has 2 aromatic carbocycles. The first kappa shape index (κ1) is 27.4. The first-order valence-corrected chi connectivity index (χ1v) is 11.7. The van der Waals surface area contributed by atoms with Gasteiger partial charge < -0.3 is 19.0 Å². The van der Waals surface area contributed by atoms with Crippen LogP contribution in [0.3, 0.4) is 0 Å². The summed E-state index contributed by atoms with van der Waals surface area (Å²) in [6, 6.07) is 10.0. The summed E-state index contributed by atoms with van der Waals surface area (Å²) >= 11 is 3.37. The highest BCUT2D eigenvalue weighted by Crippen LogP contribution is 2.32. The molecule has 0 unspecified atom stereocenters. The van der Waals surface area contributed by atoms with Crippen LogP contribution < -0.4 is 4.74 Å². The number of hydrogen-bond donors (Lipinski definition) is 1. The lowest BCUT2D eigenvalue weighted by atomic mass is 10.1. The number of para-hydroxylation sites is 1. The van der Waals surface area contributed by atoms with Crippen molar-refractivity contribution in [2.75, 3.05) is 6.54 Å². The molecule has 1 heterocycles. The predicted molar refractivity (Wildman–Crippen MR) is 129 cm³/mol. The number of alkyl halides is 3. The van der Waals surface area contributed by atoms with E-state index in [-0.39, 0.29) is 13.0 Å². The molecule has 0 aliphatic heterocycles. The molecule has 0 bridgehead atoms. The van der Waals surface area contributed by atoms with E-state index >= 15 is 0 Å². The first-order valence-electron chi connectivity index (χ1n) is 10.9. The summed E-state index contributed by atoms with van der Waals surface area (Å²) in [5.41, 5.74) is 0.759. The number of benzene rings is 2. The van der Waals surface area contributed by atoms with E-state index in [1.54, 1.807) is 57.2 Å². The number of fused-ring (bicyclic) bond motifs is 1. The first-order chi connectivity index (χ1) is 16.7. The highest BCUT2D eigenvalue weighted by molar-refractivity contribution is 9.10. The fourth-order valence-corrected chi connectivity index (χ4v) is 4.00. The summed E-state index contributed by atoms with van der Waals surface area (Å²) < 4.78 is 57.0. The number of aliphatic carboxylic acids is 1. The van der Waals surface area contributed by atoms with Crippen molar-refractivity contribution in [2.45, 2.75) is 52.1 Å². The van der Waals surface area contributed by atoms with Crippen molar-refractivity contribution in [3.63, 3.8) is 0 Å². The molecule has 36 heavy (non-hydrogen) atoms. The van der Waals surface area contributed by atoms with E-state index in [4.69, 9.17) is 19.0 Å². The Morgan fingerprint density at radius 1 is 1.08 bits per heavy atom. The number of carboxylic acids is 1. The Bertz CT molecular complexity index is 1250. The molecule has 1 N–H and O–H groups in total. The van der Waals surface area contributed by atoms with Crippen molar-refractivity contribution in [2.24, 2.45) is 0 Å². The number of carbonyl (C=O) groups excluding carboxylic acids is 1. The van der Waals surface area contributed by atoms with E-state index < -0.39 is 36.9 Å². The number of ether oxygens (including phenoxy) is 2. The largest absolute Gasteiger partial charge is 0.488 e. The Hall–Kier alpha value is -3.21. The SMILES string of the molecule is CC(C)(C)OC(=O)N(Cc1cc(Br)cc2c(COc3ccccc3CC(=O)O)coc12)CC(F)(F)F. The molecule has 194 valence electrons. The van der Waals surface area contributed by atoms with Crippen LogP contribution in [0.5, 0.6) is 5.75 Å². The van der Waals surface area contributed by atoms with Crippen LogP contribution in [0.2, 0.25) is 0 Å². The average molecular weight is 572 g/mol. The number of rotatable bonds is 8. The van der Waals surface area contributed by atoms with Crippen LogP contribution in [-0.2, 0) is 29.1 Å². The molecular weight excluding hydrogens is 547 g/mol. The number of hydrogen-bond acceptors (Lipinski definition) is 5. The van der Waals surface area contributed by atoms with Crippen molar-refractivity contribution in [3.05, 3.63) is 63.8 Å². The second-order valence-electron chi connectivity index (χ2n) is 9.12. The topological polar surface area (TPSA) is 89.2 Å². The summed E-state index contributed by atoms with van der Waals surface area (Å²) in [5.74, 6) is -0.604. The summed E-state index contributed by atoms with van der Waals surface area (Å²) in [5, 5.41) is 9.68. The van der Waals surface area contributed by atoms with E-state index in [9.17, 15) is 22.8 Å². The third kappa shape index (κ3) is 7.64. The molecule has 0 aliphatic rings. The van der Waals surface area contributed by atoms with Crippen molar-refractivity contribution in [1.82, 2.24) is 4.90 Å². The molecular formula is C25H25BrF3NO6. The Morgan fingerprint density at radius 3 is 2.42 bits per heavy atom. The van der Waals surface area contributed by atoms with Crippen LogP contribution in [0.25, 0.3) is 11.0 Å². The summed E-state index contributed by atoms with van der Waals surface area (Å²) in [4.78, 5) is 24.2. The normalized spacial score (nSPS) is 12.0. The molecule has 0 spiro atoms. The minimum Gasteiger partial charge on any atom is -0.488 e. The van der Waals surface area contributed by atoms with Gasteiger partial charge in [0.15, 0.2) is 0 Å². The maximum absolute atomic E-state index is 13.2. The molecule has 11 heteroatoms. The Kier molecular flexibility index (Phi) is 8.22. The predicted octanol–water partition coefficient (Wildman–Crippen LogP) is 6.70. The van der Waals surface area contributed by atoms with E-state index in [0.717, 1.165) is 0 Å². The summed E-state index contributed by atoms with van der Waals surface area (Å²) in [6.07, 6.45) is -4.52. The monoisotopic (exact) mass is 571 g/mol. The number of carbonyl (C=O) groups is 2. The summed E-state index contributed by atoms with van der Waals surface area (Å²) in [7, 11) is 0. The Labute approximate surface area is 213 Å². The minimum absolute atomic E-state index is 0.0257. The van der Waals surface area contributed by atoms with Gasteiger partial charge in [-0.2, -0.15) is 13.2 Å². The number of carboxylic acid groups (broad SMARTS) is 1. The lowest BCUT2D eigenvalue weighted by Gasteiger charge is -2.28. The van der Waals surface area contributed by atoms with Crippen LogP contribution in [0.4, 0.5) is 18.0 Å². The van der Waals surface area contributed by atoms with Gasteiger partial charge in [0.05, 0.1) is 19.2 Å². The van der Waals surface area contributed by atoms with Gasteiger partial charge in [0.25, 0.3) is 0 Å².